The molecule has 3 heteroatoms. The van der Waals surface area contributed by atoms with Gasteiger partial charge in [0.15, 0.2) is 11.2 Å². The highest BCUT2D eigenvalue weighted by atomic mass is 32.1. The highest BCUT2D eigenvalue weighted by molar-refractivity contribution is 7.15. The predicted molar refractivity (Wildman–Crippen MR) is 73.9 cm³/mol. The van der Waals surface area contributed by atoms with Gasteiger partial charge in [0.25, 0.3) is 0 Å². The molecule has 2 nitrogen and oxygen atoms in total. The summed E-state index contributed by atoms with van der Waals surface area (Å²) in [6.45, 7) is 0. The van der Waals surface area contributed by atoms with E-state index in [0.717, 1.165) is 0 Å². The highest BCUT2D eigenvalue weighted by Gasteiger charge is 2.17. The molecule has 1 aromatic carbocycles. The number of imidazole rings is 1. The van der Waals surface area contributed by atoms with Crippen LogP contribution >= 0.6 is 11.3 Å². The third kappa shape index (κ3) is 1.31. The van der Waals surface area contributed by atoms with Crippen molar-refractivity contribution in [3.05, 3.63) is 66.3 Å². The third-order valence-corrected chi connectivity index (χ3v) is 4.12. The van der Waals surface area contributed by atoms with E-state index in [1.54, 1.807) is 11.3 Å². The summed E-state index contributed by atoms with van der Waals surface area (Å²) in [7, 11) is 0. The molecule has 3 aromatic heterocycles. The van der Waals surface area contributed by atoms with Crippen LogP contribution in [0.2, 0.25) is 0 Å². The molecular formula is C15H11N2S+. The Morgan fingerprint density at radius 3 is 2.67 bits per heavy atom. The van der Waals surface area contributed by atoms with E-state index in [1.807, 2.05) is 6.07 Å². The zero-order chi connectivity index (χ0) is 11.9. The van der Waals surface area contributed by atoms with Gasteiger partial charge in [0.1, 0.15) is 6.20 Å². The molecule has 4 aromatic rings. The molecule has 0 amide bonds. The quantitative estimate of drug-likeness (QED) is 0.458. The van der Waals surface area contributed by atoms with Crippen LogP contribution < -0.4 is 4.40 Å². The fraction of sp³-hybridized carbons (Fsp3) is 0. The highest BCUT2D eigenvalue weighted by Crippen LogP contribution is 2.22. The monoisotopic (exact) mass is 251 g/mol. The lowest BCUT2D eigenvalue weighted by Crippen LogP contribution is -2.17. The molecule has 4 rings (SSSR count). The number of benzene rings is 1. The summed E-state index contributed by atoms with van der Waals surface area (Å²) in [6, 6.07) is 16.8. The lowest BCUT2D eigenvalue weighted by molar-refractivity contribution is -0.492. The first-order valence-corrected chi connectivity index (χ1v) is 6.76. The van der Waals surface area contributed by atoms with Crippen LogP contribution in [-0.4, -0.2) is 4.40 Å². The Labute approximate surface area is 108 Å². The molecule has 0 spiro atoms. The van der Waals surface area contributed by atoms with Crippen LogP contribution in [0.5, 0.6) is 0 Å². The molecule has 0 saturated carbocycles. The van der Waals surface area contributed by atoms with Crippen LogP contribution in [0.3, 0.4) is 0 Å². The minimum atomic E-state index is 1.22. The first-order valence-electron chi connectivity index (χ1n) is 5.88. The smallest absolute Gasteiger partial charge is 0.186 e. The first kappa shape index (κ1) is 9.85. The Hall–Kier alpha value is -2.13. The van der Waals surface area contributed by atoms with Crippen molar-refractivity contribution >= 4 is 21.8 Å². The molecule has 0 atom stereocenters. The fourth-order valence-electron chi connectivity index (χ4n) is 2.31. The van der Waals surface area contributed by atoms with Crippen molar-refractivity contribution in [2.45, 2.75) is 0 Å². The fourth-order valence-corrected chi connectivity index (χ4v) is 3.32. The van der Waals surface area contributed by atoms with E-state index in [1.165, 1.54) is 21.7 Å². The summed E-state index contributed by atoms with van der Waals surface area (Å²) < 4.78 is 4.48. The number of hydrogen-bond acceptors (Lipinski definition) is 1. The van der Waals surface area contributed by atoms with Crippen molar-refractivity contribution in [1.82, 2.24) is 4.40 Å². The molecule has 0 aliphatic rings. The summed E-state index contributed by atoms with van der Waals surface area (Å²) in [6.07, 6.45) is 4.30. The second-order valence-electron chi connectivity index (χ2n) is 4.26. The van der Waals surface area contributed by atoms with Crippen molar-refractivity contribution in [3.63, 3.8) is 0 Å². The van der Waals surface area contributed by atoms with E-state index < -0.39 is 0 Å². The normalized spacial score (nSPS) is 11.3. The van der Waals surface area contributed by atoms with Crippen LogP contribution in [0.1, 0.15) is 0 Å². The number of fused-ring (bicyclic) bond motifs is 3. The Kier molecular flexibility index (Phi) is 2.02. The number of pyridine rings is 1. The summed E-state index contributed by atoms with van der Waals surface area (Å²) in [5.41, 5.74) is 3.73. The molecule has 0 aliphatic carbocycles. The standard InChI is InChI=1S/C15H11N2S/c1-2-6-12(7-3-1)14-11-18-15-16-9-5-4-8-13(16)10-17(14)15/h1-11H/q+1. The summed E-state index contributed by atoms with van der Waals surface area (Å²) in [4.78, 5) is 1.24. The molecule has 0 radical (unpaired) electrons. The second-order valence-corrected chi connectivity index (χ2v) is 5.10. The van der Waals surface area contributed by atoms with E-state index in [4.69, 9.17) is 0 Å². The van der Waals surface area contributed by atoms with Gasteiger partial charge in [0.05, 0.1) is 6.20 Å². The van der Waals surface area contributed by atoms with Crippen molar-refractivity contribution in [2.24, 2.45) is 0 Å². The minimum absolute atomic E-state index is 1.22. The van der Waals surface area contributed by atoms with Gasteiger partial charge in [0, 0.05) is 10.9 Å². The number of aromatic nitrogens is 2. The van der Waals surface area contributed by atoms with Gasteiger partial charge in [-0.1, -0.05) is 47.7 Å². The van der Waals surface area contributed by atoms with E-state index in [0.29, 0.717) is 0 Å². The number of rotatable bonds is 1. The Bertz CT molecular complexity index is 827. The molecule has 3 heterocycles. The van der Waals surface area contributed by atoms with Crippen LogP contribution in [0.15, 0.2) is 66.3 Å². The van der Waals surface area contributed by atoms with Gasteiger partial charge in [-0.05, 0) is 12.1 Å². The zero-order valence-electron chi connectivity index (χ0n) is 9.65. The van der Waals surface area contributed by atoms with E-state index in [-0.39, 0.29) is 0 Å². The average molecular weight is 251 g/mol. The average Bonchev–Trinajstić information content (AvgIpc) is 2.98. The molecule has 86 valence electrons. The van der Waals surface area contributed by atoms with Crippen molar-refractivity contribution in [2.75, 3.05) is 0 Å². The number of nitrogens with zero attached hydrogens (tertiary/aromatic N) is 2. The SMILES string of the molecule is c1ccc(-c2csc3n4ccccc4c[n+]23)cc1. The van der Waals surface area contributed by atoms with Gasteiger partial charge < -0.3 is 0 Å². The lowest BCUT2D eigenvalue weighted by Gasteiger charge is -1.92. The summed E-state index contributed by atoms with van der Waals surface area (Å²) >= 11 is 1.77. The maximum Gasteiger partial charge on any atom is 0.351 e. The molecule has 0 aliphatic heterocycles. The molecule has 0 saturated heterocycles. The Balaban J connectivity index is 2.08. The van der Waals surface area contributed by atoms with Gasteiger partial charge in [-0.3, -0.25) is 0 Å². The van der Waals surface area contributed by atoms with E-state index in [2.05, 4.69) is 69.0 Å². The molecular weight excluding hydrogens is 240 g/mol. The lowest BCUT2D eigenvalue weighted by atomic mass is 10.2. The summed E-state index contributed by atoms with van der Waals surface area (Å²) in [5.74, 6) is 0. The zero-order valence-corrected chi connectivity index (χ0v) is 10.5. The third-order valence-electron chi connectivity index (χ3n) is 3.17. The van der Waals surface area contributed by atoms with E-state index in [9.17, 15) is 0 Å². The van der Waals surface area contributed by atoms with Crippen molar-refractivity contribution < 1.29 is 4.40 Å². The minimum Gasteiger partial charge on any atom is -0.186 e. The van der Waals surface area contributed by atoms with Crippen molar-refractivity contribution in [3.8, 4) is 11.3 Å². The van der Waals surface area contributed by atoms with Crippen LogP contribution in [0.4, 0.5) is 0 Å². The topological polar surface area (TPSA) is 8.51 Å². The van der Waals surface area contributed by atoms with Crippen LogP contribution in [0.25, 0.3) is 21.7 Å². The molecule has 0 unspecified atom stereocenters. The molecule has 0 N–H and O–H groups in total. The molecule has 18 heavy (non-hydrogen) atoms. The molecule has 0 fully saturated rings. The maximum atomic E-state index is 2.26. The Morgan fingerprint density at radius 2 is 1.78 bits per heavy atom. The van der Waals surface area contributed by atoms with Crippen molar-refractivity contribution in [1.29, 1.82) is 0 Å². The van der Waals surface area contributed by atoms with Gasteiger partial charge in [-0.2, -0.15) is 8.80 Å². The Morgan fingerprint density at radius 1 is 0.944 bits per heavy atom. The van der Waals surface area contributed by atoms with Gasteiger partial charge in [0.2, 0.25) is 0 Å². The second kappa shape index (κ2) is 3.68. The number of hydrogen-bond donors (Lipinski definition) is 0. The number of thiazole rings is 1. The van der Waals surface area contributed by atoms with E-state index >= 15 is 0 Å². The van der Waals surface area contributed by atoms with Gasteiger partial charge >= 0.3 is 4.96 Å². The van der Waals surface area contributed by atoms with Gasteiger partial charge in [-0.15, -0.1) is 0 Å². The van der Waals surface area contributed by atoms with Crippen LogP contribution in [-0.2, 0) is 0 Å². The van der Waals surface area contributed by atoms with Gasteiger partial charge in [-0.25, -0.2) is 0 Å². The summed E-state index contributed by atoms with van der Waals surface area (Å²) in [5, 5.41) is 2.21. The maximum absolute atomic E-state index is 2.26. The largest absolute Gasteiger partial charge is 0.351 e. The predicted octanol–water partition coefficient (Wildman–Crippen LogP) is 3.41. The first-order chi connectivity index (χ1) is 8.93. The van der Waals surface area contributed by atoms with Crippen LogP contribution in [0, 0.1) is 0 Å². The molecule has 0 bridgehead atoms.